The van der Waals surface area contributed by atoms with Crippen LogP contribution >= 0.6 is 0 Å². The van der Waals surface area contributed by atoms with Crippen LogP contribution in [-0.4, -0.2) is 48.3 Å². The molecule has 2 aromatic rings. The Morgan fingerprint density at radius 2 is 1.88 bits per heavy atom. The third kappa shape index (κ3) is 4.25. The Morgan fingerprint density at radius 3 is 2.46 bits per heavy atom. The summed E-state index contributed by atoms with van der Waals surface area (Å²) >= 11 is 0. The average molecular weight is 374 g/mol. The third-order valence-corrected chi connectivity index (χ3v) is 6.06. The molecule has 1 fully saturated rings. The number of piperidine rings is 1. The lowest BCUT2D eigenvalue weighted by Gasteiger charge is -2.32. The Kier molecular flexibility index (Phi) is 5.63. The number of likely N-dealkylation sites (tertiary alicyclic amines) is 1. The zero-order valence-electron chi connectivity index (χ0n) is 14.6. The summed E-state index contributed by atoms with van der Waals surface area (Å²) in [7, 11) is -3.55. The number of carbonyl (C=O) groups excluding carboxylic acids is 1. The van der Waals surface area contributed by atoms with Gasteiger partial charge in [-0.25, -0.2) is 18.1 Å². The molecule has 0 aliphatic carbocycles. The number of nitrogens with one attached hydrogen (secondary N) is 1. The second-order valence-corrected chi connectivity index (χ2v) is 7.99. The molecule has 26 heavy (non-hydrogen) atoms. The van der Waals surface area contributed by atoms with Gasteiger partial charge >= 0.3 is 0 Å². The fraction of sp³-hybridized carbons (Fsp3) is 0.389. The highest BCUT2D eigenvalue weighted by molar-refractivity contribution is 7.89. The maximum absolute atomic E-state index is 12.5. The van der Waals surface area contributed by atoms with Gasteiger partial charge in [0.05, 0.1) is 11.1 Å². The van der Waals surface area contributed by atoms with Crippen LogP contribution in [0.4, 0.5) is 0 Å². The van der Waals surface area contributed by atoms with E-state index in [2.05, 4.69) is 14.7 Å². The molecule has 1 saturated heterocycles. The van der Waals surface area contributed by atoms with Gasteiger partial charge in [0.15, 0.2) is 0 Å². The first-order valence-corrected chi connectivity index (χ1v) is 10.1. The van der Waals surface area contributed by atoms with Crippen LogP contribution in [0, 0.1) is 0 Å². The molecule has 1 aliphatic rings. The van der Waals surface area contributed by atoms with Crippen molar-refractivity contribution in [3.8, 4) is 0 Å². The van der Waals surface area contributed by atoms with Crippen molar-refractivity contribution < 1.29 is 13.2 Å². The molecular weight excluding hydrogens is 352 g/mol. The standard InChI is InChI=1S/C18H22N4O3S/c1-2-14-3-5-16(6-4-14)26(24,25)21-15-7-11-22(12-8-15)18(23)17-13-19-9-10-20-17/h3-6,9-10,13,15,21H,2,7-8,11-12H2,1H3. The monoisotopic (exact) mass is 374 g/mol. The van der Waals surface area contributed by atoms with Gasteiger partial charge in [0, 0.05) is 31.5 Å². The second kappa shape index (κ2) is 7.92. The van der Waals surface area contributed by atoms with Gasteiger partial charge in [0.1, 0.15) is 5.69 Å². The van der Waals surface area contributed by atoms with Crippen molar-refractivity contribution in [2.45, 2.75) is 37.1 Å². The van der Waals surface area contributed by atoms with Gasteiger partial charge in [0.25, 0.3) is 5.91 Å². The normalized spacial score (nSPS) is 15.8. The molecule has 1 aliphatic heterocycles. The Labute approximate surface area is 153 Å². The largest absolute Gasteiger partial charge is 0.337 e. The van der Waals surface area contributed by atoms with Crippen molar-refractivity contribution in [3.63, 3.8) is 0 Å². The molecule has 0 saturated carbocycles. The van der Waals surface area contributed by atoms with Crippen molar-refractivity contribution in [2.24, 2.45) is 0 Å². The van der Waals surface area contributed by atoms with Gasteiger partial charge in [-0.15, -0.1) is 0 Å². The number of aryl methyl sites for hydroxylation is 1. The van der Waals surface area contributed by atoms with Crippen LogP contribution in [0.1, 0.15) is 35.8 Å². The molecular formula is C18H22N4O3S. The van der Waals surface area contributed by atoms with Crippen LogP contribution < -0.4 is 4.72 Å². The summed E-state index contributed by atoms with van der Waals surface area (Å²) in [5, 5.41) is 0. The summed E-state index contributed by atoms with van der Waals surface area (Å²) < 4.78 is 27.8. The van der Waals surface area contributed by atoms with E-state index in [1.165, 1.54) is 18.6 Å². The van der Waals surface area contributed by atoms with E-state index in [0.29, 0.717) is 31.6 Å². The summed E-state index contributed by atoms with van der Waals surface area (Å²) in [6.45, 7) is 2.99. The van der Waals surface area contributed by atoms with Gasteiger partial charge in [-0.2, -0.15) is 0 Å². The Hall–Kier alpha value is -2.32. The molecule has 1 aromatic heterocycles. The van der Waals surface area contributed by atoms with Gasteiger partial charge in [-0.3, -0.25) is 9.78 Å². The van der Waals surface area contributed by atoms with E-state index in [1.807, 2.05) is 19.1 Å². The van der Waals surface area contributed by atoms with E-state index in [0.717, 1.165) is 12.0 Å². The highest BCUT2D eigenvalue weighted by atomic mass is 32.2. The zero-order valence-corrected chi connectivity index (χ0v) is 15.4. The van der Waals surface area contributed by atoms with Crippen LogP contribution in [0.25, 0.3) is 0 Å². The first-order chi connectivity index (χ1) is 12.5. The molecule has 0 unspecified atom stereocenters. The first-order valence-electron chi connectivity index (χ1n) is 8.66. The smallest absolute Gasteiger partial charge is 0.274 e. The van der Waals surface area contributed by atoms with Crippen molar-refractivity contribution >= 4 is 15.9 Å². The summed E-state index contributed by atoms with van der Waals surface area (Å²) in [5.41, 5.74) is 1.40. The Bertz CT molecular complexity index is 846. The average Bonchev–Trinajstić information content (AvgIpc) is 2.68. The minimum Gasteiger partial charge on any atom is -0.337 e. The second-order valence-electron chi connectivity index (χ2n) is 6.28. The van der Waals surface area contributed by atoms with Crippen LogP contribution in [0.5, 0.6) is 0 Å². The number of hydrogen-bond acceptors (Lipinski definition) is 5. The molecule has 7 nitrogen and oxygen atoms in total. The quantitative estimate of drug-likeness (QED) is 0.859. The number of hydrogen-bond donors (Lipinski definition) is 1. The lowest BCUT2D eigenvalue weighted by molar-refractivity contribution is 0.0705. The third-order valence-electron chi connectivity index (χ3n) is 4.53. The van der Waals surface area contributed by atoms with Crippen LogP contribution in [0.3, 0.4) is 0 Å². The Balaban J connectivity index is 1.58. The maximum Gasteiger partial charge on any atom is 0.274 e. The van der Waals surface area contributed by atoms with Gasteiger partial charge in [-0.1, -0.05) is 19.1 Å². The summed E-state index contributed by atoms with van der Waals surface area (Å²) in [6, 6.07) is 6.74. The van der Waals surface area contributed by atoms with Crippen molar-refractivity contribution in [3.05, 3.63) is 54.1 Å². The first kappa shape index (κ1) is 18.5. The topological polar surface area (TPSA) is 92.3 Å². The number of rotatable bonds is 5. The molecule has 0 spiro atoms. The van der Waals surface area contributed by atoms with Crippen molar-refractivity contribution in [2.75, 3.05) is 13.1 Å². The molecule has 2 heterocycles. The number of amides is 1. The minimum atomic E-state index is -3.55. The van der Waals surface area contributed by atoms with Crippen molar-refractivity contribution in [1.29, 1.82) is 0 Å². The lowest BCUT2D eigenvalue weighted by atomic mass is 10.1. The highest BCUT2D eigenvalue weighted by Crippen LogP contribution is 2.17. The van der Waals surface area contributed by atoms with Crippen LogP contribution in [0.2, 0.25) is 0 Å². The molecule has 0 bridgehead atoms. The van der Waals surface area contributed by atoms with Crippen LogP contribution in [0.15, 0.2) is 47.8 Å². The van der Waals surface area contributed by atoms with Gasteiger partial charge in [-0.05, 0) is 37.0 Å². The van der Waals surface area contributed by atoms with E-state index in [4.69, 9.17) is 0 Å². The molecule has 1 aromatic carbocycles. The van der Waals surface area contributed by atoms with E-state index in [-0.39, 0.29) is 16.8 Å². The van der Waals surface area contributed by atoms with Gasteiger partial charge < -0.3 is 4.90 Å². The number of benzene rings is 1. The number of carbonyl (C=O) groups is 1. The molecule has 1 amide bonds. The highest BCUT2D eigenvalue weighted by Gasteiger charge is 2.27. The molecule has 138 valence electrons. The van der Waals surface area contributed by atoms with E-state index < -0.39 is 10.0 Å². The molecule has 8 heteroatoms. The molecule has 1 N–H and O–H groups in total. The fourth-order valence-electron chi connectivity index (χ4n) is 2.96. The zero-order chi connectivity index (χ0) is 18.6. The lowest BCUT2D eigenvalue weighted by Crippen LogP contribution is -2.46. The maximum atomic E-state index is 12.5. The summed E-state index contributed by atoms with van der Waals surface area (Å²) in [5.74, 6) is -0.172. The molecule has 0 atom stereocenters. The Morgan fingerprint density at radius 1 is 1.19 bits per heavy atom. The fourth-order valence-corrected chi connectivity index (χ4v) is 4.27. The van der Waals surface area contributed by atoms with Crippen LogP contribution in [-0.2, 0) is 16.4 Å². The number of nitrogens with zero attached hydrogens (tertiary/aromatic N) is 3. The SMILES string of the molecule is CCc1ccc(S(=O)(=O)NC2CCN(C(=O)c3cnccn3)CC2)cc1. The predicted octanol–water partition coefficient (Wildman–Crippen LogP) is 1.62. The van der Waals surface area contributed by atoms with E-state index in [9.17, 15) is 13.2 Å². The number of aromatic nitrogens is 2. The minimum absolute atomic E-state index is 0.172. The number of sulfonamides is 1. The van der Waals surface area contributed by atoms with Crippen molar-refractivity contribution in [1.82, 2.24) is 19.6 Å². The molecule has 3 rings (SSSR count). The predicted molar refractivity (Wildman–Crippen MR) is 97.1 cm³/mol. The van der Waals surface area contributed by atoms with E-state index >= 15 is 0 Å². The summed E-state index contributed by atoms with van der Waals surface area (Å²) in [4.78, 5) is 22.2. The van der Waals surface area contributed by atoms with Gasteiger partial charge in [0.2, 0.25) is 10.0 Å². The van der Waals surface area contributed by atoms with E-state index in [1.54, 1.807) is 17.0 Å². The molecule has 0 radical (unpaired) electrons. The summed E-state index contributed by atoms with van der Waals surface area (Å²) in [6.07, 6.45) is 6.45.